The molecule has 140 valence electrons. The van der Waals surface area contributed by atoms with Crippen molar-refractivity contribution in [2.45, 2.75) is 40.7 Å². The molecule has 0 saturated heterocycles. The number of rotatable bonds is 9. The first-order valence-electron chi connectivity index (χ1n) is 9.49. The highest BCUT2D eigenvalue weighted by molar-refractivity contribution is 5.91. The van der Waals surface area contributed by atoms with Crippen LogP contribution in [-0.2, 0) is 11.3 Å². The van der Waals surface area contributed by atoms with Crippen molar-refractivity contribution in [3.63, 3.8) is 0 Å². The van der Waals surface area contributed by atoms with E-state index in [-0.39, 0.29) is 5.91 Å². The average molecular weight is 354 g/mol. The van der Waals surface area contributed by atoms with E-state index in [4.69, 9.17) is 0 Å². The van der Waals surface area contributed by atoms with Crippen molar-refractivity contribution in [2.75, 3.05) is 28.6 Å². The first-order valence-corrected chi connectivity index (χ1v) is 9.49. The first-order chi connectivity index (χ1) is 12.5. The van der Waals surface area contributed by atoms with Gasteiger partial charge in [-0.1, -0.05) is 32.0 Å². The molecule has 4 nitrogen and oxygen atoms in total. The van der Waals surface area contributed by atoms with E-state index in [0.29, 0.717) is 12.3 Å². The molecule has 0 aliphatic carbocycles. The van der Waals surface area contributed by atoms with E-state index >= 15 is 0 Å². The van der Waals surface area contributed by atoms with Gasteiger partial charge in [0, 0.05) is 43.1 Å². The summed E-state index contributed by atoms with van der Waals surface area (Å²) in [5.74, 6) is 0.416. The van der Waals surface area contributed by atoms with Gasteiger partial charge < -0.3 is 15.5 Å². The molecule has 0 saturated carbocycles. The summed E-state index contributed by atoms with van der Waals surface area (Å²) >= 11 is 0. The molecule has 26 heavy (non-hydrogen) atoms. The maximum Gasteiger partial charge on any atom is 0.224 e. The molecule has 2 aromatic carbocycles. The maximum atomic E-state index is 11.9. The highest BCUT2D eigenvalue weighted by Crippen LogP contribution is 2.19. The van der Waals surface area contributed by atoms with Crippen LogP contribution < -0.4 is 15.5 Å². The standard InChI is InChI=1S/C22H31N3O/c1-5-25(6-2)21-12-10-18(11-13-21)16-23-19-8-7-9-20(15-19)24-22(26)14-17(3)4/h7-13,15,17,23H,5-6,14,16H2,1-4H3,(H,24,26). The Morgan fingerprint density at radius 3 is 2.27 bits per heavy atom. The van der Waals surface area contributed by atoms with Gasteiger partial charge in [-0.05, 0) is 55.7 Å². The van der Waals surface area contributed by atoms with Crippen LogP contribution >= 0.6 is 0 Å². The molecule has 0 heterocycles. The van der Waals surface area contributed by atoms with Crippen LogP contribution in [-0.4, -0.2) is 19.0 Å². The molecule has 0 spiro atoms. The predicted octanol–water partition coefficient (Wildman–Crippen LogP) is 5.13. The van der Waals surface area contributed by atoms with E-state index in [1.54, 1.807) is 0 Å². The molecule has 0 radical (unpaired) electrons. The Morgan fingerprint density at radius 1 is 1.00 bits per heavy atom. The number of nitrogens with zero attached hydrogens (tertiary/aromatic N) is 1. The van der Waals surface area contributed by atoms with Crippen LogP contribution in [0.1, 0.15) is 39.7 Å². The van der Waals surface area contributed by atoms with Crippen molar-refractivity contribution >= 4 is 23.0 Å². The Labute approximate surface area is 157 Å². The molecule has 0 atom stereocenters. The molecule has 2 aromatic rings. The SMILES string of the molecule is CCN(CC)c1ccc(CNc2cccc(NC(=O)CC(C)C)c2)cc1. The van der Waals surface area contributed by atoms with E-state index < -0.39 is 0 Å². The Morgan fingerprint density at radius 2 is 1.65 bits per heavy atom. The van der Waals surface area contributed by atoms with Gasteiger partial charge in [-0.3, -0.25) is 4.79 Å². The van der Waals surface area contributed by atoms with Crippen LogP contribution in [0.5, 0.6) is 0 Å². The minimum Gasteiger partial charge on any atom is -0.381 e. The summed E-state index contributed by atoms with van der Waals surface area (Å²) in [6.07, 6.45) is 0.538. The zero-order valence-corrected chi connectivity index (χ0v) is 16.4. The Bertz CT molecular complexity index is 691. The minimum atomic E-state index is 0.0594. The number of nitrogens with one attached hydrogen (secondary N) is 2. The number of carbonyl (C=O) groups is 1. The van der Waals surface area contributed by atoms with Crippen LogP contribution in [0, 0.1) is 5.92 Å². The summed E-state index contributed by atoms with van der Waals surface area (Å²) < 4.78 is 0. The second-order valence-corrected chi connectivity index (χ2v) is 6.92. The summed E-state index contributed by atoms with van der Waals surface area (Å²) in [5.41, 5.74) is 4.32. The number of carbonyl (C=O) groups excluding carboxylic acids is 1. The molecule has 0 aliphatic rings. The highest BCUT2D eigenvalue weighted by atomic mass is 16.1. The van der Waals surface area contributed by atoms with E-state index in [1.807, 2.05) is 38.1 Å². The summed E-state index contributed by atoms with van der Waals surface area (Å²) in [5, 5.41) is 6.39. The number of hydrogen-bond acceptors (Lipinski definition) is 3. The molecule has 2 N–H and O–H groups in total. The van der Waals surface area contributed by atoms with Crippen molar-refractivity contribution < 1.29 is 4.79 Å². The van der Waals surface area contributed by atoms with Crippen LogP contribution in [0.2, 0.25) is 0 Å². The third-order valence-electron chi connectivity index (χ3n) is 4.30. The van der Waals surface area contributed by atoms with E-state index in [9.17, 15) is 4.79 Å². The lowest BCUT2D eigenvalue weighted by atomic mass is 10.1. The molecule has 1 amide bonds. The van der Waals surface area contributed by atoms with Crippen LogP contribution in [0.3, 0.4) is 0 Å². The summed E-state index contributed by atoms with van der Waals surface area (Å²) in [6, 6.07) is 16.5. The van der Waals surface area contributed by atoms with E-state index in [1.165, 1.54) is 11.3 Å². The van der Waals surface area contributed by atoms with Gasteiger partial charge in [-0.15, -0.1) is 0 Å². The van der Waals surface area contributed by atoms with Gasteiger partial charge in [0.15, 0.2) is 0 Å². The van der Waals surface area contributed by atoms with Crippen molar-refractivity contribution in [1.29, 1.82) is 0 Å². The second kappa shape index (κ2) is 9.85. The fourth-order valence-corrected chi connectivity index (χ4v) is 2.91. The molecule has 0 unspecified atom stereocenters. The van der Waals surface area contributed by atoms with Crippen molar-refractivity contribution in [3.8, 4) is 0 Å². The van der Waals surface area contributed by atoms with E-state index in [0.717, 1.165) is 31.0 Å². The summed E-state index contributed by atoms with van der Waals surface area (Å²) in [6.45, 7) is 11.2. The molecule has 0 aliphatic heterocycles. The first kappa shape index (κ1) is 19.8. The largest absolute Gasteiger partial charge is 0.381 e. The quantitative estimate of drug-likeness (QED) is 0.657. The van der Waals surface area contributed by atoms with Crippen LogP contribution in [0.4, 0.5) is 17.1 Å². The Hall–Kier alpha value is -2.49. The Balaban J connectivity index is 1.93. The number of amides is 1. The van der Waals surface area contributed by atoms with Crippen molar-refractivity contribution in [2.24, 2.45) is 5.92 Å². The van der Waals surface area contributed by atoms with Gasteiger partial charge in [0.05, 0.1) is 0 Å². The number of hydrogen-bond donors (Lipinski definition) is 2. The Kier molecular flexibility index (Phi) is 7.52. The molecule has 4 heteroatoms. The van der Waals surface area contributed by atoms with Gasteiger partial charge in [0.25, 0.3) is 0 Å². The molecule has 0 fully saturated rings. The van der Waals surface area contributed by atoms with Gasteiger partial charge in [-0.25, -0.2) is 0 Å². The van der Waals surface area contributed by atoms with Gasteiger partial charge in [-0.2, -0.15) is 0 Å². The lowest BCUT2D eigenvalue weighted by Gasteiger charge is -2.21. The summed E-state index contributed by atoms with van der Waals surface area (Å²) in [4.78, 5) is 14.2. The number of anilines is 3. The second-order valence-electron chi connectivity index (χ2n) is 6.92. The van der Waals surface area contributed by atoms with Crippen molar-refractivity contribution in [1.82, 2.24) is 0 Å². The zero-order valence-electron chi connectivity index (χ0n) is 16.4. The zero-order chi connectivity index (χ0) is 18.9. The molecular weight excluding hydrogens is 322 g/mol. The highest BCUT2D eigenvalue weighted by Gasteiger charge is 2.06. The topological polar surface area (TPSA) is 44.4 Å². The van der Waals surface area contributed by atoms with Crippen LogP contribution in [0.25, 0.3) is 0 Å². The smallest absolute Gasteiger partial charge is 0.224 e. The van der Waals surface area contributed by atoms with Gasteiger partial charge in [0.2, 0.25) is 5.91 Å². The predicted molar refractivity (Wildman–Crippen MR) is 112 cm³/mol. The third-order valence-corrected chi connectivity index (χ3v) is 4.30. The lowest BCUT2D eigenvalue weighted by molar-refractivity contribution is -0.116. The molecule has 2 rings (SSSR count). The average Bonchev–Trinajstić information content (AvgIpc) is 2.61. The van der Waals surface area contributed by atoms with Gasteiger partial charge >= 0.3 is 0 Å². The monoisotopic (exact) mass is 353 g/mol. The number of benzene rings is 2. The lowest BCUT2D eigenvalue weighted by Crippen LogP contribution is -2.21. The normalized spacial score (nSPS) is 10.7. The fraction of sp³-hybridized carbons (Fsp3) is 0.409. The van der Waals surface area contributed by atoms with Gasteiger partial charge in [0.1, 0.15) is 0 Å². The van der Waals surface area contributed by atoms with Crippen LogP contribution in [0.15, 0.2) is 48.5 Å². The molecule has 0 aromatic heterocycles. The fourth-order valence-electron chi connectivity index (χ4n) is 2.91. The maximum absolute atomic E-state index is 11.9. The molecule has 0 bridgehead atoms. The minimum absolute atomic E-state index is 0.0594. The van der Waals surface area contributed by atoms with Crippen molar-refractivity contribution in [3.05, 3.63) is 54.1 Å². The van der Waals surface area contributed by atoms with E-state index in [2.05, 4.69) is 53.6 Å². The molecular formula is C22H31N3O. The summed E-state index contributed by atoms with van der Waals surface area (Å²) in [7, 11) is 0. The third kappa shape index (κ3) is 6.10.